The van der Waals surface area contributed by atoms with Crippen LogP contribution in [-0.2, 0) is 10.0 Å². The summed E-state index contributed by atoms with van der Waals surface area (Å²) in [7, 11) is -3.12. The van der Waals surface area contributed by atoms with Crippen molar-refractivity contribution >= 4 is 50.6 Å². The second-order valence-corrected chi connectivity index (χ2v) is 9.00. The molecule has 1 fully saturated rings. The molecule has 0 bridgehead atoms. The van der Waals surface area contributed by atoms with Crippen molar-refractivity contribution in [2.75, 3.05) is 36.7 Å². The molecule has 1 aliphatic rings. The van der Waals surface area contributed by atoms with E-state index in [0.717, 1.165) is 4.91 Å². The quantitative estimate of drug-likeness (QED) is 0.423. The SMILES string of the molecule is C/C=C(\SC)C(=S)c1cnc(NC2CCN(S(C)(=O)=O)CC2)nc1N. The molecule has 1 aromatic heterocycles. The first kappa shape index (κ1) is 20.1. The monoisotopic (exact) mass is 401 g/mol. The molecule has 10 heteroatoms. The van der Waals surface area contributed by atoms with Gasteiger partial charge in [-0.2, -0.15) is 4.98 Å². The third kappa shape index (κ3) is 5.13. The minimum atomic E-state index is -3.12. The van der Waals surface area contributed by atoms with Crippen molar-refractivity contribution in [1.82, 2.24) is 14.3 Å². The summed E-state index contributed by atoms with van der Waals surface area (Å²) in [6.45, 7) is 2.91. The molecule has 0 aromatic carbocycles. The molecule has 7 nitrogen and oxygen atoms in total. The molecule has 2 heterocycles. The summed E-state index contributed by atoms with van der Waals surface area (Å²) < 4.78 is 24.6. The Labute approximate surface area is 158 Å². The topological polar surface area (TPSA) is 101 Å². The normalized spacial score (nSPS) is 17.5. The van der Waals surface area contributed by atoms with E-state index in [1.165, 1.54) is 10.6 Å². The Balaban J connectivity index is 2.03. The van der Waals surface area contributed by atoms with E-state index in [-0.39, 0.29) is 6.04 Å². The Morgan fingerprint density at radius 3 is 2.60 bits per heavy atom. The third-order valence-electron chi connectivity index (χ3n) is 4.02. The molecule has 0 radical (unpaired) electrons. The summed E-state index contributed by atoms with van der Waals surface area (Å²) in [4.78, 5) is 10.2. The maximum atomic E-state index is 11.5. The van der Waals surface area contributed by atoms with Crippen LogP contribution in [0.2, 0.25) is 0 Å². The van der Waals surface area contributed by atoms with E-state index >= 15 is 0 Å². The van der Waals surface area contributed by atoms with Crippen LogP contribution in [0.15, 0.2) is 17.2 Å². The standard InChI is InChI=1S/C15H23N5O2S3/c1-4-12(24-2)13(23)11-9-17-15(19-14(11)16)18-10-5-7-20(8-6-10)25(3,21)22/h4,9-10H,5-8H2,1-3H3,(H3,16,17,18,19)/b12-4-. The minimum Gasteiger partial charge on any atom is -0.383 e. The number of hydrogen-bond acceptors (Lipinski definition) is 8. The molecule has 1 aliphatic heterocycles. The zero-order valence-electron chi connectivity index (χ0n) is 14.5. The van der Waals surface area contributed by atoms with Gasteiger partial charge < -0.3 is 11.1 Å². The molecular weight excluding hydrogens is 378 g/mol. The Hall–Kier alpha value is -1.23. The number of nitrogens with zero attached hydrogens (tertiary/aromatic N) is 3. The van der Waals surface area contributed by atoms with Crippen molar-refractivity contribution in [2.45, 2.75) is 25.8 Å². The van der Waals surface area contributed by atoms with Gasteiger partial charge in [0.15, 0.2) is 0 Å². The second kappa shape index (κ2) is 8.43. The van der Waals surface area contributed by atoms with Crippen molar-refractivity contribution in [2.24, 2.45) is 0 Å². The molecule has 0 saturated carbocycles. The van der Waals surface area contributed by atoms with Gasteiger partial charge in [0.25, 0.3) is 0 Å². The van der Waals surface area contributed by atoms with Gasteiger partial charge >= 0.3 is 0 Å². The summed E-state index contributed by atoms with van der Waals surface area (Å²) in [5, 5.41) is 3.23. The van der Waals surface area contributed by atoms with Crippen molar-refractivity contribution in [3.05, 3.63) is 22.7 Å². The summed E-state index contributed by atoms with van der Waals surface area (Å²) in [6, 6.07) is 0.118. The zero-order chi connectivity index (χ0) is 18.6. The van der Waals surface area contributed by atoms with Gasteiger partial charge in [-0.05, 0) is 26.0 Å². The molecule has 138 valence electrons. The lowest BCUT2D eigenvalue weighted by Crippen LogP contribution is -2.42. The van der Waals surface area contributed by atoms with E-state index in [9.17, 15) is 8.42 Å². The first-order valence-electron chi connectivity index (χ1n) is 7.85. The van der Waals surface area contributed by atoms with Crippen molar-refractivity contribution in [1.29, 1.82) is 0 Å². The van der Waals surface area contributed by atoms with Crippen LogP contribution in [0.4, 0.5) is 11.8 Å². The largest absolute Gasteiger partial charge is 0.383 e. The predicted molar refractivity (Wildman–Crippen MR) is 108 cm³/mol. The van der Waals surface area contributed by atoms with Crippen LogP contribution in [0.3, 0.4) is 0 Å². The third-order valence-corrected chi connectivity index (χ3v) is 6.78. The van der Waals surface area contributed by atoms with E-state index in [1.54, 1.807) is 18.0 Å². The predicted octanol–water partition coefficient (Wildman–Crippen LogP) is 1.88. The van der Waals surface area contributed by atoms with Crippen LogP contribution >= 0.6 is 24.0 Å². The molecule has 25 heavy (non-hydrogen) atoms. The van der Waals surface area contributed by atoms with E-state index in [0.29, 0.717) is 48.1 Å². The highest BCUT2D eigenvalue weighted by Crippen LogP contribution is 2.23. The molecule has 2 rings (SSSR count). The second-order valence-electron chi connectivity index (χ2n) is 5.76. The first-order valence-corrected chi connectivity index (χ1v) is 11.3. The van der Waals surface area contributed by atoms with Crippen LogP contribution in [0, 0.1) is 0 Å². The Bertz CT molecular complexity index is 771. The van der Waals surface area contributed by atoms with Crippen LogP contribution < -0.4 is 11.1 Å². The number of nitrogens with one attached hydrogen (secondary N) is 1. The van der Waals surface area contributed by atoms with Gasteiger partial charge in [0.2, 0.25) is 16.0 Å². The number of sulfonamides is 1. The van der Waals surface area contributed by atoms with Gasteiger partial charge in [-0.25, -0.2) is 17.7 Å². The molecular formula is C15H23N5O2S3. The summed E-state index contributed by atoms with van der Waals surface area (Å²) >= 11 is 7.00. The highest BCUT2D eigenvalue weighted by Gasteiger charge is 2.25. The number of nitrogens with two attached hydrogens (primary N) is 1. The van der Waals surface area contributed by atoms with Crippen LogP contribution in [-0.4, -0.2) is 59.2 Å². The average molecular weight is 402 g/mol. The maximum absolute atomic E-state index is 11.5. The Morgan fingerprint density at radius 1 is 1.48 bits per heavy atom. The van der Waals surface area contributed by atoms with Gasteiger partial charge in [0.05, 0.1) is 16.7 Å². The number of rotatable bonds is 6. The maximum Gasteiger partial charge on any atom is 0.224 e. The number of thiocarbonyl (C=S) groups is 1. The van der Waals surface area contributed by atoms with Gasteiger partial charge in [-0.1, -0.05) is 18.3 Å². The average Bonchev–Trinajstić information content (AvgIpc) is 2.55. The lowest BCUT2D eigenvalue weighted by molar-refractivity contribution is 0.331. The molecule has 1 aromatic rings. The molecule has 3 N–H and O–H groups in total. The van der Waals surface area contributed by atoms with E-state index in [2.05, 4.69) is 15.3 Å². The van der Waals surface area contributed by atoms with E-state index in [1.807, 2.05) is 19.3 Å². The zero-order valence-corrected chi connectivity index (χ0v) is 17.0. The minimum absolute atomic E-state index is 0.118. The van der Waals surface area contributed by atoms with Gasteiger partial charge in [-0.15, -0.1) is 11.8 Å². The molecule has 1 saturated heterocycles. The fourth-order valence-electron chi connectivity index (χ4n) is 2.63. The molecule has 0 aliphatic carbocycles. The number of nitrogen functional groups attached to an aromatic ring is 1. The Kier molecular flexibility index (Phi) is 6.78. The van der Waals surface area contributed by atoms with Gasteiger partial charge in [-0.3, -0.25) is 0 Å². The first-order chi connectivity index (χ1) is 11.8. The number of piperidine rings is 1. The summed E-state index contributed by atoms with van der Waals surface area (Å²) in [5.74, 6) is 0.775. The molecule has 0 unspecified atom stereocenters. The van der Waals surface area contributed by atoms with Crippen molar-refractivity contribution < 1.29 is 8.42 Å². The summed E-state index contributed by atoms with van der Waals surface area (Å²) in [6.07, 6.45) is 8.17. The molecule has 0 atom stereocenters. The highest BCUT2D eigenvalue weighted by atomic mass is 32.2. The van der Waals surface area contributed by atoms with Crippen molar-refractivity contribution in [3.8, 4) is 0 Å². The molecule has 0 spiro atoms. The van der Waals surface area contributed by atoms with Gasteiger partial charge in [0, 0.05) is 30.2 Å². The molecule has 0 amide bonds. The van der Waals surface area contributed by atoms with Crippen molar-refractivity contribution in [3.63, 3.8) is 0 Å². The highest BCUT2D eigenvalue weighted by molar-refractivity contribution is 8.04. The van der Waals surface area contributed by atoms with Gasteiger partial charge in [0.1, 0.15) is 5.82 Å². The fourth-order valence-corrected chi connectivity index (χ4v) is 4.56. The van der Waals surface area contributed by atoms with Crippen LogP contribution in [0.5, 0.6) is 0 Å². The number of anilines is 2. The fraction of sp³-hybridized carbons (Fsp3) is 0.533. The number of aromatic nitrogens is 2. The Morgan fingerprint density at radius 2 is 2.12 bits per heavy atom. The summed E-state index contributed by atoms with van der Waals surface area (Å²) in [5.41, 5.74) is 6.70. The van der Waals surface area contributed by atoms with E-state index < -0.39 is 10.0 Å². The van der Waals surface area contributed by atoms with E-state index in [4.69, 9.17) is 18.0 Å². The number of allylic oxidation sites excluding steroid dienone is 2. The lowest BCUT2D eigenvalue weighted by atomic mass is 10.1. The van der Waals surface area contributed by atoms with Crippen LogP contribution in [0.1, 0.15) is 25.3 Å². The number of hydrogen-bond donors (Lipinski definition) is 2. The smallest absolute Gasteiger partial charge is 0.224 e. The lowest BCUT2D eigenvalue weighted by Gasteiger charge is -2.30. The number of thioether (sulfide) groups is 1. The van der Waals surface area contributed by atoms with Crippen LogP contribution in [0.25, 0.3) is 0 Å².